The van der Waals surface area contributed by atoms with Crippen LogP contribution in [-0.4, -0.2) is 149 Å². The maximum Gasteiger partial charge on any atom is 0.324 e. The van der Waals surface area contributed by atoms with Gasteiger partial charge in [-0.15, -0.1) is 11.3 Å². The van der Waals surface area contributed by atoms with Gasteiger partial charge in [0.1, 0.15) is 18.1 Å². The van der Waals surface area contributed by atoms with E-state index in [9.17, 15) is 24.0 Å². The highest BCUT2D eigenvalue weighted by atomic mass is 32.1. The molecule has 7 rings (SSSR count). The Kier molecular flexibility index (Phi) is 16.9. The Morgan fingerprint density at radius 1 is 1.12 bits per heavy atom. The standard InChI is InChI=1S/C56H77N9O7S/c1-14-38(47(57-15-2)36(6)71-13)49-40-32-54(7,8)34-72-52(69)41-18-17-26-65(60-41)51(68)42(31-45-58-43(33-73-45)37-19-20-44(39(40)30-37)63(49)16-3)59-50(67)48(35(4)5)64-29-25-56(53(64)70)23-27-62(28-24-56)46(66)21-22-55(9,10)61(11)12/h14-15,19-20,30,33,35-36,41-42,48,60H,1,16-18,23-29,31-32,34H2,2-13H3,(H,59,67)/b47-38+,57-15?/t36-,41-,42-,48-/m0/s1. The predicted octanol–water partition coefficient (Wildman–Crippen LogP) is 6.67. The minimum atomic E-state index is -1.08. The number of hydrogen-bond acceptors (Lipinski definition) is 12. The average Bonchev–Trinajstić information content (AvgIpc) is 4.05. The highest BCUT2D eigenvalue weighted by molar-refractivity contribution is 7.10. The molecule has 1 spiro atoms. The van der Waals surface area contributed by atoms with Gasteiger partial charge in [0.05, 0.1) is 45.8 Å². The van der Waals surface area contributed by atoms with Gasteiger partial charge in [0.25, 0.3) is 11.8 Å². The molecule has 3 fully saturated rings. The number of carbonyl (C=O) groups excluding carboxylic acids is 5. The van der Waals surface area contributed by atoms with Gasteiger partial charge in [-0.3, -0.25) is 38.9 Å². The molecule has 0 radical (unpaired) electrons. The van der Waals surface area contributed by atoms with E-state index in [0.717, 1.165) is 44.7 Å². The number of aromatic nitrogens is 2. The number of fused-ring (bicyclic) bond motifs is 6. The lowest BCUT2D eigenvalue weighted by Gasteiger charge is -2.39. The van der Waals surface area contributed by atoms with Crippen molar-refractivity contribution in [1.82, 2.24) is 40.0 Å². The number of benzene rings is 1. The monoisotopic (exact) mass is 1020 g/mol. The Morgan fingerprint density at radius 3 is 2.48 bits per heavy atom. The molecule has 0 saturated carbocycles. The smallest absolute Gasteiger partial charge is 0.324 e. The molecule has 6 bridgehead atoms. The first-order valence-electron chi connectivity index (χ1n) is 25.9. The van der Waals surface area contributed by atoms with Crippen molar-refractivity contribution in [3.8, 4) is 23.1 Å². The van der Waals surface area contributed by atoms with Crippen LogP contribution in [0.15, 0.2) is 46.9 Å². The summed E-state index contributed by atoms with van der Waals surface area (Å²) in [5, 5.41) is 8.17. The van der Waals surface area contributed by atoms with E-state index in [4.69, 9.17) is 19.5 Å². The van der Waals surface area contributed by atoms with Gasteiger partial charge in [0, 0.05) is 85.3 Å². The summed E-state index contributed by atoms with van der Waals surface area (Å²) in [6.07, 6.45) is 6.41. The van der Waals surface area contributed by atoms with Crippen LogP contribution in [0.4, 0.5) is 0 Å². The van der Waals surface area contributed by atoms with Crippen LogP contribution in [0.25, 0.3) is 27.7 Å². The first-order valence-corrected chi connectivity index (χ1v) is 26.8. The van der Waals surface area contributed by atoms with Crippen LogP contribution in [0, 0.1) is 28.6 Å². The molecule has 3 saturated heterocycles. The summed E-state index contributed by atoms with van der Waals surface area (Å²) in [5.74, 6) is 3.94. The number of carbonyl (C=O) groups is 5. The highest BCUT2D eigenvalue weighted by Gasteiger charge is 2.52. The van der Waals surface area contributed by atoms with Crippen molar-refractivity contribution in [1.29, 1.82) is 0 Å². The zero-order valence-electron chi connectivity index (χ0n) is 45.1. The number of likely N-dealkylation sites (tertiary alicyclic amines) is 2. The van der Waals surface area contributed by atoms with Crippen molar-refractivity contribution in [2.75, 3.05) is 54.0 Å². The molecule has 73 heavy (non-hydrogen) atoms. The molecule has 17 heteroatoms. The number of piperidine rings is 1. The number of cyclic esters (lactones) is 1. The summed E-state index contributed by atoms with van der Waals surface area (Å²) in [4.78, 5) is 86.6. The molecule has 2 aromatic heterocycles. The van der Waals surface area contributed by atoms with Gasteiger partial charge < -0.3 is 29.2 Å². The van der Waals surface area contributed by atoms with E-state index >= 15 is 0 Å². The average molecular weight is 1020 g/mol. The lowest BCUT2D eigenvalue weighted by molar-refractivity contribution is -0.155. The minimum Gasteiger partial charge on any atom is -0.464 e. The second-order valence-corrected chi connectivity index (χ2v) is 22.9. The van der Waals surface area contributed by atoms with E-state index in [2.05, 4.69) is 72.7 Å². The number of allylic oxidation sites excluding steroid dienone is 2. The topological polar surface area (TPSA) is 171 Å². The van der Waals surface area contributed by atoms with Crippen molar-refractivity contribution in [3.63, 3.8) is 0 Å². The third kappa shape index (κ3) is 11.5. The van der Waals surface area contributed by atoms with Crippen LogP contribution < -0.4 is 10.7 Å². The zero-order chi connectivity index (χ0) is 53.2. The number of hydrazine groups is 1. The van der Waals surface area contributed by atoms with Crippen LogP contribution in [0.5, 0.6) is 0 Å². The van der Waals surface area contributed by atoms with Crippen molar-refractivity contribution >= 4 is 63.6 Å². The molecule has 394 valence electrons. The fourth-order valence-corrected chi connectivity index (χ4v) is 11.5. The number of thiazole rings is 1. The quantitative estimate of drug-likeness (QED) is 0.0916. The van der Waals surface area contributed by atoms with Crippen LogP contribution in [0.2, 0.25) is 0 Å². The molecule has 16 nitrogen and oxygen atoms in total. The SMILES string of the molecule is C=C/C(=C(\N=CC)[C@H](C)OC)c1c2c3cc(ccc3n1CC)-c1csc(n1)C[C@H](NC(=O)[C@H](C(C)C)N1CCC3(CCN(C(=O)C#CC(C)(C)N(C)C)CC3)C1=O)C(=O)N1CCC[C@H](N1)C(=O)OCC(C)(C)C2. The Balaban J connectivity index is 1.22. The molecule has 3 aromatic rings. The number of hydrogen-bond donors (Lipinski definition) is 2. The molecule has 1 aromatic carbocycles. The maximum atomic E-state index is 14.8. The maximum absolute atomic E-state index is 14.8. The lowest BCUT2D eigenvalue weighted by atomic mass is 9.77. The highest BCUT2D eigenvalue weighted by Crippen LogP contribution is 2.44. The van der Waals surface area contributed by atoms with Crippen LogP contribution >= 0.6 is 11.3 Å². The van der Waals surface area contributed by atoms with Gasteiger partial charge in [-0.05, 0) is 117 Å². The van der Waals surface area contributed by atoms with E-state index in [1.165, 1.54) is 16.3 Å². The molecule has 6 heterocycles. The van der Waals surface area contributed by atoms with E-state index in [0.29, 0.717) is 76.3 Å². The van der Waals surface area contributed by atoms with Gasteiger partial charge in [-0.2, -0.15) is 0 Å². The number of nitrogens with one attached hydrogen (secondary N) is 2. The molecule has 4 aliphatic rings. The summed E-state index contributed by atoms with van der Waals surface area (Å²) < 4.78 is 14.3. The van der Waals surface area contributed by atoms with Gasteiger partial charge in [-0.25, -0.2) is 10.4 Å². The third-order valence-corrected chi connectivity index (χ3v) is 16.3. The van der Waals surface area contributed by atoms with E-state index in [1.54, 1.807) is 23.1 Å². The summed E-state index contributed by atoms with van der Waals surface area (Å²) in [6.45, 7) is 24.4. The number of ether oxygens (including phenoxy) is 2. The largest absolute Gasteiger partial charge is 0.464 e. The normalized spacial score (nSPS) is 21.8. The van der Waals surface area contributed by atoms with Crippen LogP contribution in [-0.2, 0) is 52.8 Å². The van der Waals surface area contributed by atoms with E-state index in [-0.39, 0.29) is 36.9 Å². The van der Waals surface area contributed by atoms with Gasteiger partial charge in [0.2, 0.25) is 11.8 Å². The fraction of sp³-hybridized carbons (Fsp3) is 0.589. The Labute approximate surface area is 436 Å². The summed E-state index contributed by atoms with van der Waals surface area (Å²) in [5.41, 5.74) is 7.71. The molecule has 0 unspecified atom stereocenters. The molecule has 4 atom stereocenters. The summed E-state index contributed by atoms with van der Waals surface area (Å²) >= 11 is 1.41. The van der Waals surface area contributed by atoms with Crippen molar-refractivity contribution in [2.45, 2.75) is 144 Å². The number of rotatable bonds is 11. The first kappa shape index (κ1) is 55.1. The van der Waals surface area contributed by atoms with Gasteiger partial charge in [-0.1, -0.05) is 52.3 Å². The Morgan fingerprint density at radius 2 is 1.84 bits per heavy atom. The molecular weight excluding hydrogens is 943 g/mol. The second kappa shape index (κ2) is 22.4. The van der Waals surface area contributed by atoms with Crippen molar-refractivity contribution in [3.05, 3.63) is 58.2 Å². The fourth-order valence-electron chi connectivity index (χ4n) is 10.7. The number of methoxy groups -OCH3 is 1. The Bertz CT molecular complexity index is 2730. The predicted molar refractivity (Wildman–Crippen MR) is 287 cm³/mol. The van der Waals surface area contributed by atoms with Crippen LogP contribution in [0.1, 0.15) is 111 Å². The number of aliphatic imine (C=N–C) groups is 1. The number of nitrogens with zero attached hydrogens (tertiary/aromatic N) is 7. The lowest BCUT2D eigenvalue weighted by Crippen LogP contribution is -2.62. The molecule has 0 aliphatic carbocycles. The number of amides is 4. The second-order valence-electron chi connectivity index (χ2n) is 21.9. The molecule has 2 N–H and O–H groups in total. The minimum absolute atomic E-state index is 0.0770. The van der Waals surface area contributed by atoms with E-state index < -0.39 is 52.3 Å². The zero-order valence-corrected chi connectivity index (χ0v) is 46.0. The summed E-state index contributed by atoms with van der Waals surface area (Å²) in [7, 11) is 5.51. The van der Waals surface area contributed by atoms with Crippen molar-refractivity contribution < 1.29 is 33.4 Å². The molecule has 4 aliphatic heterocycles. The third-order valence-electron chi connectivity index (χ3n) is 15.4. The van der Waals surface area contributed by atoms with Gasteiger partial charge >= 0.3 is 5.97 Å². The molecular formula is C56H77N9O7S. The van der Waals surface area contributed by atoms with Crippen LogP contribution in [0.3, 0.4) is 0 Å². The van der Waals surface area contributed by atoms with Gasteiger partial charge in [0.15, 0.2) is 0 Å². The first-order chi connectivity index (χ1) is 34.6. The molecule has 4 amide bonds. The van der Waals surface area contributed by atoms with Crippen molar-refractivity contribution in [2.24, 2.45) is 21.7 Å². The summed E-state index contributed by atoms with van der Waals surface area (Å²) in [6, 6.07) is 3.60. The van der Waals surface area contributed by atoms with E-state index in [1.807, 2.05) is 72.0 Å². The Hall–Kier alpha value is -5.67. The number of esters is 1. The number of aryl methyl sites for hydroxylation is 1.